The highest BCUT2D eigenvalue weighted by atomic mass is 16.6. The molecule has 0 saturated carbocycles. The van der Waals surface area contributed by atoms with Gasteiger partial charge in [0, 0.05) is 0 Å². The van der Waals surface area contributed by atoms with Crippen molar-refractivity contribution in [3.63, 3.8) is 0 Å². The summed E-state index contributed by atoms with van der Waals surface area (Å²) in [4.78, 5) is 49.6. The van der Waals surface area contributed by atoms with Crippen LogP contribution >= 0.6 is 0 Å². The van der Waals surface area contributed by atoms with Gasteiger partial charge in [0.05, 0.1) is 24.8 Å². The summed E-state index contributed by atoms with van der Waals surface area (Å²) in [5.41, 5.74) is 0.258. The third-order valence-electron chi connectivity index (χ3n) is 4.21. The van der Waals surface area contributed by atoms with E-state index in [-0.39, 0.29) is 17.9 Å². The second kappa shape index (κ2) is 11.7. The summed E-state index contributed by atoms with van der Waals surface area (Å²) in [6.07, 6.45) is -1.32. The summed E-state index contributed by atoms with van der Waals surface area (Å²) in [5, 5.41) is 4.95. The average molecular weight is 456 g/mol. The number of esters is 2. The van der Waals surface area contributed by atoms with Gasteiger partial charge in [-0.2, -0.15) is 0 Å². The number of nitrogens with one attached hydrogen (secondary N) is 2. The predicted octanol–water partition coefficient (Wildman–Crippen LogP) is 3.44. The standard InChI is InChI=1S/C24H28N2O7/c1-24(2,3)33-23(30)26-19(14-20(27)32-15-16-10-6-5-7-11-16)21(28)25-18-13-9-8-12-17(18)22(29)31-4/h5-13,19H,14-15H2,1-4H3,(H,25,28)(H,26,30)/t19-/m0/s1. The summed E-state index contributed by atoms with van der Waals surface area (Å²) < 4.78 is 15.2. The Kier molecular flexibility index (Phi) is 8.97. The summed E-state index contributed by atoms with van der Waals surface area (Å²) in [7, 11) is 1.22. The molecule has 176 valence electrons. The van der Waals surface area contributed by atoms with Crippen molar-refractivity contribution < 1.29 is 33.4 Å². The van der Waals surface area contributed by atoms with Gasteiger partial charge in [-0.15, -0.1) is 0 Å². The van der Waals surface area contributed by atoms with Crippen molar-refractivity contribution in [3.05, 3.63) is 65.7 Å². The molecule has 0 aliphatic heterocycles. The van der Waals surface area contributed by atoms with Crippen molar-refractivity contribution in [1.82, 2.24) is 5.32 Å². The fourth-order valence-corrected chi connectivity index (χ4v) is 2.72. The molecule has 0 aromatic heterocycles. The van der Waals surface area contributed by atoms with E-state index >= 15 is 0 Å². The Labute approximate surface area is 192 Å². The van der Waals surface area contributed by atoms with Crippen LogP contribution in [0.4, 0.5) is 10.5 Å². The molecule has 2 aromatic rings. The minimum atomic E-state index is -1.31. The zero-order valence-corrected chi connectivity index (χ0v) is 19.0. The second-order valence-electron chi connectivity index (χ2n) is 8.08. The molecule has 0 fully saturated rings. The van der Waals surface area contributed by atoms with Gasteiger partial charge in [0.2, 0.25) is 5.91 Å². The van der Waals surface area contributed by atoms with Crippen molar-refractivity contribution >= 4 is 29.6 Å². The second-order valence-corrected chi connectivity index (χ2v) is 8.08. The molecular weight excluding hydrogens is 428 g/mol. The number of carbonyl (C=O) groups is 4. The third-order valence-corrected chi connectivity index (χ3v) is 4.21. The van der Waals surface area contributed by atoms with Crippen LogP contribution in [0.25, 0.3) is 0 Å². The molecule has 0 radical (unpaired) electrons. The van der Waals surface area contributed by atoms with Crippen LogP contribution in [0.2, 0.25) is 0 Å². The maximum atomic E-state index is 12.9. The Balaban J connectivity index is 2.14. The molecule has 0 saturated heterocycles. The largest absolute Gasteiger partial charge is 0.465 e. The van der Waals surface area contributed by atoms with E-state index in [4.69, 9.17) is 14.2 Å². The first-order valence-corrected chi connectivity index (χ1v) is 10.3. The average Bonchev–Trinajstić information content (AvgIpc) is 2.76. The molecule has 33 heavy (non-hydrogen) atoms. The molecule has 1 atom stereocenters. The van der Waals surface area contributed by atoms with Crippen LogP contribution < -0.4 is 10.6 Å². The number of anilines is 1. The van der Waals surface area contributed by atoms with Gasteiger partial charge in [-0.05, 0) is 38.5 Å². The van der Waals surface area contributed by atoms with Crippen LogP contribution in [0.5, 0.6) is 0 Å². The minimum Gasteiger partial charge on any atom is -0.465 e. The highest BCUT2D eigenvalue weighted by Crippen LogP contribution is 2.17. The fraction of sp³-hybridized carbons (Fsp3) is 0.333. The minimum absolute atomic E-state index is 0.0195. The smallest absolute Gasteiger partial charge is 0.408 e. The first-order valence-electron chi connectivity index (χ1n) is 10.3. The zero-order valence-electron chi connectivity index (χ0n) is 19.0. The van der Waals surface area contributed by atoms with Crippen LogP contribution in [-0.2, 0) is 30.4 Å². The number of alkyl carbamates (subject to hydrolysis) is 1. The highest BCUT2D eigenvalue weighted by Gasteiger charge is 2.28. The molecule has 9 heteroatoms. The number of rotatable bonds is 8. The molecule has 0 bridgehead atoms. The molecule has 0 aliphatic rings. The van der Waals surface area contributed by atoms with E-state index in [2.05, 4.69) is 10.6 Å². The van der Waals surface area contributed by atoms with E-state index in [1.165, 1.54) is 19.2 Å². The van der Waals surface area contributed by atoms with Crippen molar-refractivity contribution in [2.75, 3.05) is 12.4 Å². The maximum absolute atomic E-state index is 12.9. The Morgan fingerprint density at radius 1 is 0.939 bits per heavy atom. The van der Waals surface area contributed by atoms with Crippen LogP contribution in [0.3, 0.4) is 0 Å². The lowest BCUT2D eigenvalue weighted by Crippen LogP contribution is -2.47. The summed E-state index contributed by atoms with van der Waals surface area (Å²) in [6, 6.07) is 13.9. The molecule has 2 rings (SSSR count). The zero-order chi connectivity index (χ0) is 24.4. The fourth-order valence-electron chi connectivity index (χ4n) is 2.72. The molecule has 0 unspecified atom stereocenters. The van der Waals surface area contributed by atoms with E-state index in [1.54, 1.807) is 45.0 Å². The molecule has 0 aliphatic carbocycles. The number of methoxy groups -OCH3 is 1. The van der Waals surface area contributed by atoms with E-state index < -0.39 is 42.0 Å². The monoisotopic (exact) mass is 456 g/mol. The number of ether oxygens (including phenoxy) is 3. The van der Waals surface area contributed by atoms with Crippen LogP contribution in [0.15, 0.2) is 54.6 Å². The van der Waals surface area contributed by atoms with Gasteiger partial charge in [-0.1, -0.05) is 42.5 Å². The number of hydrogen-bond acceptors (Lipinski definition) is 7. The van der Waals surface area contributed by atoms with Crippen molar-refractivity contribution in [2.45, 2.75) is 45.4 Å². The number of para-hydroxylation sites is 1. The van der Waals surface area contributed by atoms with Gasteiger partial charge < -0.3 is 24.8 Å². The molecule has 2 aromatic carbocycles. The summed E-state index contributed by atoms with van der Waals surface area (Å²) in [5.74, 6) is -2.07. The van der Waals surface area contributed by atoms with Crippen LogP contribution in [0, 0.1) is 0 Å². The molecular formula is C24H28N2O7. The van der Waals surface area contributed by atoms with Gasteiger partial charge in [0.1, 0.15) is 18.2 Å². The first-order chi connectivity index (χ1) is 15.6. The number of benzene rings is 2. The Hall–Kier alpha value is -3.88. The molecule has 2 N–H and O–H groups in total. The van der Waals surface area contributed by atoms with Gasteiger partial charge >= 0.3 is 18.0 Å². The third kappa shape index (κ3) is 8.64. The van der Waals surface area contributed by atoms with E-state index in [1.807, 2.05) is 18.2 Å². The van der Waals surface area contributed by atoms with E-state index in [9.17, 15) is 19.2 Å². The molecule has 0 heterocycles. The van der Waals surface area contributed by atoms with E-state index in [0.717, 1.165) is 5.56 Å². The predicted molar refractivity (Wildman–Crippen MR) is 120 cm³/mol. The Morgan fingerprint density at radius 2 is 1.58 bits per heavy atom. The van der Waals surface area contributed by atoms with Crippen molar-refractivity contribution in [1.29, 1.82) is 0 Å². The first kappa shape index (κ1) is 25.4. The van der Waals surface area contributed by atoms with Crippen LogP contribution in [0.1, 0.15) is 43.1 Å². The van der Waals surface area contributed by atoms with Crippen molar-refractivity contribution in [3.8, 4) is 0 Å². The van der Waals surface area contributed by atoms with E-state index in [0.29, 0.717) is 0 Å². The SMILES string of the molecule is COC(=O)c1ccccc1NC(=O)[C@H](CC(=O)OCc1ccccc1)NC(=O)OC(C)(C)C. The lowest BCUT2D eigenvalue weighted by atomic mass is 10.1. The molecule has 0 spiro atoms. The number of amides is 2. The molecule has 9 nitrogen and oxygen atoms in total. The Bertz CT molecular complexity index is 984. The highest BCUT2D eigenvalue weighted by molar-refractivity contribution is 6.04. The molecule has 2 amide bonds. The van der Waals surface area contributed by atoms with Crippen LogP contribution in [-0.4, -0.2) is 42.7 Å². The van der Waals surface area contributed by atoms with Gasteiger partial charge in [0.25, 0.3) is 0 Å². The number of carbonyl (C=O) groups excluding carboxylic acids is 4. The van der Waals surface area contributed by atoms with Crippen molar-refractivity contribution in [2.24, 2.45) is 0 Å². The lowest BCUT2D eigenvalue weighted by Gasteiger charge is -2.23. The lowest BCUT2D eigenvalue weighted by molar-refractivity contribution is -0.146. The Morgan fingerprint density at radius 3 is 2.21 bits per heavy atom. The topological polar surface area (TPSA) is 120 Å². The quantitative estimate of drug-likeness (QED) is 0.461. The summed E-state index contributed by atoms with van der Waals surface area (Å²) in [6.45, 7) is 5.03. The summed E-state index contributed by atoms with van der Waals surface area (Å²) >= 11 is 0. The van der Waals surface area contributed by atoms with Gasteiger partial charge in [0.15, 0.2) is 0 Å². The normalized spacial score (nSPS) is 11.6. The van der Waals surface area contributed by atoms with Gasteiger partial charge in [-0.3, -0.25) is 9.59 Å². The van der Waals surface area contributed by atoms with Gasteiger partial charge in [-0.25, -0.2) is 9.59 Å². The maximum Gasteiger partial charge on any atom is 0.408 e. The number of hydrogen-bond donors (Lipinski definition) is 2.